The van der Waals surface area contributed by atoms with Gasteiger partial charge < -0.3 is 10.2 Å². The van der Waals surface area contributed by atoms with E-state index in [1.54, 1.807) is 24.3 Å². The first-order valence-corrected chi connectivity index (χ1v) is 20.3. The number of carboxylic acid groups (broad SMARTS) is 2. The molecular weight excluding hydrogens is 644 g/mol. The summed E-state index contributed by atoms with van der Waals surface area (Å²) in [6.45, 7) is 4.54. The molecule has 0 saturated carbocycles. The van der Waals surface area contributed by atoms with Gasteiger partial charge in [0.1, 0.15) is 0 Å². The van der Waals surface area contributed by atoms with Crippen LogP contribution in [0.15, 0.2) is 158 Å². The first-order valence-electron chi connectivity index (χ1n) is 15.4. The van der Waals surface area contributed by atoms with E-state index in [-0.39, 0.29) is 6.19 Å². The molecule has 0 atom stereocenters. The Morgan fingerprint density at radius 3 is 1.33 bits per heavy atom. The number of fused-ring (bicyclic) bond motifs is 5. The molecule has 8 rings (SSSR count). The molecule has 1 aliphatic rings. The van der Waals surface area contributed by atoms with Gasteiger partial charge >= 0.3 is 50.4 Å². The van der Waals surface area contributed by atoms with Crippen molar-refractivity contribution in [2.24, 2.45) is 0 Å². The zero-order valence-electron chi connectivity index (χ0n) is 26.9. The molecule has 0 amide bonds. The third-order valence-corrected chi connectivity index (χ3v) is 7.15. The second-order valence-electron chi connectivity index (χ2n) is 11.0. The second-order valence-corrected chi connectivity index (χ2v) is 17.7. The van der Waals surface area contributed by atoms with Crippen molar-refractivity contribution >= 4 is 61.2 Å². The standard InChI is InChI=1S/C13H9.2C11H8O2.C5H5.C2H6Si.Ti/c1-3-7-12-10(5-1)9-11-6-2-4-8-13(11)12;2*12-11(13)10-7-3-5-8-4-1-2-6-9(8)10;1-2-4-5-3-1;1-3-2;/h1-9H;2*1-7H,(H,12,13);1-3H,4H2;1-2H3;/q-1;;;-1;;+2. The number of aromatic carboxylic acids is 2. The van der Waals surface area contributed by atoms with Crippen LogP contribution >= 0.6 is 0 Å². The van der Waals surface area contributed by atoms with Gasteiger partial charge in [-0.1, -0.05) is 109 Å². The van der Waals surface area contributed by atoms with Crippen LogP contribution in [0.4, 0.5) is 0 Å². The van der Waals surface area contributed by atoms with Crippen molar-refractivity contribution in [3.63, 3.8) is 0 Å². The topological polar surface area (TPSA) is 74.6 Å². The van der Waals surface area contributed by atoms with Crippen LogP contribution in [-0.4, -0.2) is 28.3 Å². The van der Waals surface area contributed by atoms with E-state index in [0.29, 0.717) is 11.1 Å². The van der Waals surface area contributed by atoms with Crippen molar-refractivity contribution in [2.45, 2.75) is 19.5 Å². The van der Waals surface area contributed by atoms with Gasteiger partial charge in [0.15, 0.2) is 0 Å². The van der Waals surface area contributed by atoms with E-state index in [1.807, 2.05) is 72.8 Å². The van der Waals surface area contributed by atoms with Crippen molar-refractivity contribution in [3.05, 3.63) is 175 Å². The molecule has 0 fully saturated rings. The largest absolute Gasteiger partial charge is 0.478 e. The van der Waals surface area contributed by atoms with Gasteiger partial charge in [-0.25, -0.2) is 21.7 Å². The summed E-state index contributed by atoms with van der Waals surface area (Å²) in [5.74, 6) is -1.76. The molecule has 236 valence electrons. The van der Waals surface area contributed by atoms with E-state index in [9.17, 15) is 9.59 Å². The molecule has 48 heavy (non-hydrogen) atoms. The van der Waals surface area contributed by atoms with Crippen LogP contribution in [0.5, 0.6) is 0 Å². The number of allylic oxidation sites excluding steroid dienone is 4. The number of hydrogen-bond acceptors (Lipinski definition) is 2. The fourth-order valence-corrected chi connectivity index (χ4v) is 5.07. The monoisotopic (exact) mass is 680 g/mol. The van der Waals surface area contributed by atoms with E-state index in [0.717, 1.165) is 28.0 Å². The predicted molar refractivity (Wildman–Crippen MR) is 198 cm³/mol. The van der Waals surface area contributed by atoms with E-state index in [1.165, 1.54) is 21.5 Å². The molecule has 0 spiro atoms. The number of hydrogen-bond donors (Lipinski definition) is 2. The van der Waals surface area contributed by atoms with Gasteiger partial charge in [0.05, 0.1) is 11.1 Å². The third kappa shape index (κ3) is 10.3. The summed E-state index contributed by atoms with van der Waals surface area (Å²) in [6.07, 6.45) is 10.1. The van der Waals surface area contributed by atoms with Crippen molar-refractivity contribution in [1.82, 2.24) is 0 Å². The minimum atomic E-state index is -0.878. The van der Waals surface area contributed by atoms with Gasteiger partial charge in [-0.05, 0) is 33.7 Å². The summed E-state index contributed by atoms with van der Waals surface area (Å²) in [5.41, 5.74) is 0.719. The first-order chi connectivity index (χ1) is 23.3. The molecule has 6 heteroatoms. The molecule has 1 aliphatic carbocycles. The van der Waals surface area contributed by atoms with Crippen molar-refractivity contribution < 1.29 is 39.0 Å². The van der Waals surface area contributed by atoms with Crippen molar-refractivity contribution in [1.29, 1.82) is 0 Å². The molecule has 0 aromatic heterocycles. The predicted octanol–water partition coefficient (Wildman–Crippen LogP) is 10.9. The maximum atomic E-state index is 10.8. The molecule has 0 aliphatic heterocycles. The Kier molecular flexibility index (Phi) is 13.8. The SMILES string of the molecule is C[Si](C)=[Ti+2].O=C(O)c1cccc2ccccc12.O=C(O)c1cccc2ccccc12.[C-]1=CC=CC1.c1ccc2c(c1)[cH-]c1ccccc12. The van der Waals surface area contributed by atoms with Crippen LogP contribution in [0.2, 0.25) is 13.1 Å². The van der Waals surface area contributed by atoms with Gasteiger partial charge in [0, 0.05) is 0 Å². The van der Waals surface area contributed by atoms with Crippen LogP contribution in [0.3, 0.4) is 0 Å². The van der Waals surface area contributed by atoms with Crippen molar-refractivity contribution in [2.75, 3.05) is 0 Å². The fraction of sp³-hybridized carbons (Fsp3) is 0.0714. The molecule has 0 unspecified atom stereocenters. The van der Waals surface area contributed by atoms with E-state index in [2.05, 4.69) is 99.0 Å². The quantitative estimate of drug-likeness (QED) is 0.141. The maximum absolute atomic E-state index is 10.8. The first kappa shape index (κ1) is 35.9. The molecule has 0 radical (unpaired) electrons. The molecular formula is C42H36O4SiTi. The zero-order valence-corrected chi connectivity index (χ0v) is 29.5. The Morgan fingerprint density at radius 1 is 0.604 bits per heavy atom. The van der Waals surface area contributed by atoms with Crippen LogP contribution in [0, 0.1) is 6.08 Å². The number of carboxylic acids is 2. The second kappa shape index (κ2) is 18.4. The minimum Gasteiger partial charge on any atom is -0.478 e. The number of carbonyl (C=O) groups is 2. The molecule has 2 N–H and O–H groups in total. The summed E-state index contributed by atoms with van der Waals surface area (Å²) in [6, 6.07) is 44.7. The summed E-state index contributed by atoms with van der Waals surface area (Å²) < 4.78 is 0. The van der Waals surface area contributed by atoms with Gasteiger partial charge in [0.25, 0.3) is 0 Å². The van der Waals surface area contributed by atoms with E-state index < -0.39 is 11.9 Å². The van der Waals surface area contributed by atoms with Crippen LogP contribution in [-0.2, 0) is 19.2 Å². The normalized spacial score (nSPS) is 10.9. The summed E-state index contributed by atoms with van der Waals surface area (Å²) in [5, 5.41) is 26.7. The minimum absolute atomic E-state index is 0.120. The Labute approximate surface area is 293 Å². The van der Waals surface area contributed by atoms with E-state index in [4.69, 9.17) is 10.2 Å². The van der Waals surface area contributed by atoms with Crippen LogP contribution in [0.25, 0.3) is 43.1 Å². The smallest absolute Gasteiger partial charge is 0.336 e. The van der Waals surface area contributed by atoms with Gasteiger partial charge in [-0.3, -0.25) is 6.08 Å². The summed E-state index contributed by atoms with van der Waals surface area (Å²) >= 11 is 2.27. The van der Waals surface area contributed by atoms with Gasteiger partial charge in [-0.15, -0.1) is 46.2 Å². The molecule has 7 aromatic carbocycles. The number of benzene rings is 6. The Morgan fingerprint density at radius 2 is 0.979 bits per heavy atom. The Hall–Kier alpha value is -4.94. The van der Waals surface area contributed by atoms with Gasteiger partial charge in [0.2, 0.25) is 0 Å². The summed E-state index contributed by atoms with van der Waals surface area (Å²) in [4.78, 5) is 21.6. The van der Waals surface area contributed by atoms with Crippen LogP contribution in [0.1, 0.15) is 27.1 Å². The average Bonchev–Trinajstić information content (AvgIpc) is 3.80. The Balaban J connectivity index is 0.000000144. The molecule has 0 heterocycles. The molecule has 4 nitrogen and oxygen atoms in total. The van der Waals surface area contributed by atoms with Crippen molar-refractivity contribution in [3.8, 4) is 0 Å². The Bertz CT molecular complexity index is 2060. The van der Waals surface area contributed by atoms with Gasteiger partial charge in [-0.2, -0.15) is 6.08 Å². The number of rotatable bonds is 2. The fourth-order valence-electron chi connectivity index (χ4n) is 5.07. The maximum Gasteiger partial charge on any atom is 0.336 e. The van der Waals surface area contributed by atoms with E-state index >= 15 is 0 Å². The third-order valence-electron chi connectivity index (χ3n) is 7.15. The average molecular weight is 681 g/mol. The zero-order chi connectivity index (χ0) is 34.3. The van der Waals surface area contributed by atoms with Crippen LogP contribution < -0.4 is 0 Å². The molecule has 0 bridgehead atoms. The molecule has 7 aromatic rings. The summed E-state index contributed by atoms with van der Waals surface area (Å²) in [7, 11) is 0. The molecule has 0 saturated heterocycles.